The van der Waals surface area contributed by atoms with Crippen molar-refractivity contribution in [1.29, 1.82) is 0 Å². The van der Waals surface area contributed by atoms with Crippen molar-refractivity contribution in [1.82, 2.24) is 0 Å². The van der Waals surface area contributed by atoms with Gasteiger partial charge in [-0.25, -0.2) is 12.8 Å². The molecule has 0 fully saturated rings. The molecule has 0 aliphatic rings. The number of nitrogen functional groups attached to an aromatic ring is 1. The minimum absolute atomic E-state index is 0.0589. The van der Waals surface area contributed by atoms with E-state index in [1.807, 2.05) is 0 Å². The fourth-order valence-corrected chi connectivity index (χ4v) is 3.06. The number of ether oxygens (including phenoxy) is 1. The number of rotatable bonds is 3. The van der Waals surface area contributed by atoms with Crippen molar-refractivity contribution in [2.24, 2.45) is 0 Å². The molecular weight excluding hydrogens is 269 g/mol. The van der Waals surface area contributed by atoms with Gasteiger partial charge in [0.1, 0.15) is 11.6 Å². The summed E-state index contributed by atoms with van der Waals surface area (Å²) in [5.74, 6) is -0.163. The van der Waals surface area contributed by atoms with Gasteiger partial charge in [-0.3, -0.25) is 0 Å². The lowest BCUT2D eigenvalue weighted by Crippen LogP contribution is -2.06. The van der Waals surface area contributed by atoms with Gasteiger partial charge in [0.2, 0.25) is 9.84 Å². The van der Waals surface area contributed by atoms with Gasteiger partial charge in [-0.2, -0.15) is 0 Å². The van der Waals surface area contributed by atoms with Gasteiger partial charge < -0.3 is 10.5 Å². The third-order valence-corrected chi connectivity index (χ3v) is 4.44. The van der Waals surface area contributed by atoms with Crippen molar-refractivity contribution in [2.45, 2.75) is 9.79 Å². The monoisotopic (exact) mass is 281 g/mol. The van der Waals surface area contributed by atoms with Crippen LogP contribution in [0.2, 0.25) is 0 Å². The number of hydrogen-bond acceptors (Lipinski definition) is 4. The second-order valence-corrected chi connectivity index (χ2v) is 5.78. The van der Waals surface area contributed by atoms with E-state index in [-0.39, 0.29) is 15.5 Å². The van der Waals surface area contributed by atoms with Crippen molar-refractivity contribution in [3.05, 3.63) is 48.3 Å². The normalized spacial score (nSPS) is 11.3. The first-order chi connectivity index (χ1) is 8.95. The smallest absolute Gasteiger partial charge is 0.208 e. The molecule has 19 heavy (non-hydrogen) atoms. The van der Waals surface area contributed by atoms with Crippen molar-refractivity contribution in [2.75, 3.05) is 12.8 Å². The zero-order valence-electron chi connectivity index (χ0n) is 10.1. The second kappa shape index (κ2) is 4.89. The molecule has 0 aliphatic carbocycles. The Kier molecular flexibility index (Phi) is 3.44. The third kappa shape index (κ3) is 2.53. The van der Waals surface area contributed by atoms with Crippen LogP contribution in [0.15, 0.2) is 52.3 Å². The van der Waals surface area contributed by atoms with Crippen LogP contribution >= 0.6 is 0 Å². The Bertz CT molecular complexity index is 714. The predicted molar refractivity (Wildman–Crippen MR) is 69.3 cm³/mol. The fourth-order valence-electron chi connectivity index (χ4n) is 1.66. The highest BCUT2D eigenvalue weighted by molar-refractivity contribution is 7.91. The fraction of sp³-hybridized carbons (Fsp3) is 0.0769. The van der Waals surface area contributed by atoms with Crippen LogP contribution in [-0.2, 0) is 9.84 Å². The van der Waals surface area contributed by atoms with Gasteiger partial charge in [0.05, 0.1) is 22.6 Å². The molecule has 6 heteroatoms. The van der Waals surface area contributed by atoms with Crippen molar-refractivity contribution in [3.8, 4) is 5.75 Å². The number of nitrogens with two attached hydrogens (primary N) is 1. The SMILES string of the molecule is COc1ccc(S(=O)(=O)c2cccc(F)c2)c(N)c1. The number of benzene rings is 2. The molecule has 100 valence electrons. The molecule has 0 bridgehead atoms. The van der Waals surface area contributed by atoms with Crippen LogP contribution in [0, 0.1) is 5.82 Å². The van der Waals surface area contributed by atoms with Crippen LogP contribution < -0.4 is 10.5 Å². The molecule has 2 N–H and O–H groups in total. The molecular formula is C13H12FNO3S. The largest absolute Gasteiger partial charge is 0.497 e. The standard InChI is InChI=1S/C13H12FNO3S/c1-18-10-5-6-13(12(15)8-10)19(16,17)11-4-2-3-9(14)7-11/h2-8H,15H2,1H3. The highest BCUT2D eigenvalue weighted by Gasteiger charge is 2.21. The zero-order chi connectivity index (χ0) is 14.0. The summed E-state index contributed by atoms with van der Waals surface area (Å²) >= 11 is 0. The highest BCUT2D eigenvalue weighted by atomic mass is 32.2. The Labute approximate surface area is 110 Å². The van der Waals surface area contributed by atoms with Gasteiger partial charge in [-0.05, 0) is 30.3 Å². The number of methoxy groups -OCH3 is 1. The molecule has 2 aromatic carbocycles. The van der Waals surface area contributed by atoms with Gasteiger partial charge in [0, 0.05) is 6.07 Å². The molecule has 2 aromatic rings. The summed E-state index contributed by atoms with van der Waals surface area (Å²) in [4.78, 5) is -0.205. The lowest BCUT2D eigenvalue weighted by atomic mass is 10.3. The summed E-state index contributed by atoms with van der Waals surface area (Å²) in [6.45, 7) is 0. The maximum atomic E-state index is 13.1. The lowest BCUT2D eigenvalue weighted by molar-refractivity contribution is 0.414. The van der Waals surface area contributed by atoms with Gasteiger partial charge in [-0.15, -0.1) is 0 Å². The van der Waals surface area contributed by atoms with Gasteiger partial charge in [-0.1, -0.05) is 6.07 Å². The highest BCUT2D eigenvalue weighted by Crippen LogP contribution is 2.29. The second-order valence-electron chi connectivity index (χ2n) is 3.86. The summed E-state index contributed by atoms with van der Waals surface area (Å²) in [7, 11) is -2.38. The molecule has 0 aliphatic heterocycles. The molecule has 2 rings (SSSR count). The molecule has 0 heterocycles. The van der Waals surface area contributed by atoms with E-state index >= 15 is 0 Å². The number of halogens is 1. The topological polar surface area (TPSA) is 69.4 Å². The molecule has 0 aromatic heterocycles. The van der Waals surface area contributed by atoms with Crippen molar-refractivity contribution in [3.63, 3.8) is 0 Å². The molecule has 0 saturated heterocycles. The minimum Gasteiger partial charge on any atom is -0.497 e. The number of hydrogen-bond donors (Lipinski definition) is 1. The van der Waals surface area contributed by atoms with E-state index < -0.39 is 15.7 Å². The van der Waals surface area contributed by atoms with Gasteiger partial charge in [0.25, 0.3) is 0 Å². The number of anilines is 1. The van der Waals surface area contributed by atoms with Crippen molar-refractivity contribution >= 4 is 15.5 Å². The summed E-state index contributed by atoms with van der Waals surface area (Å²) in [6.07, 6.45) is 0. The van der Waals surface area contributed by atoms with Crippen LogP contribution in [0.1, 0.15) is 0 Å². The predicted octanol–water partition coefficient (Wildman–Crippen LogP) is 2.25. The Morgan fingerprint density at radius 1 is 1.16 bits per heavy atom. The maximum absolute atomic E-state index is 13.1. The van der Waals surface area contributed by atoms with Crippen LogP contribution in [0.5, 0.6) is 5.75 Å². The zero-order valence-corrected chi connectivity index (χ0v) is 10.9. The molecule has 4 nitrogen and oxygen atoms in total. The van der Waals surface area contributed by atoms with Crippen LogP contribution in [-0.4, -0.2) is 15.5 Å². The average Bonchev–Trinajstić information content (AvgIpc) is 2.38. The van der Waals surface area contributed by atoms with E-state index in [0.717, 1.165) is 6.07 Å². The van der Waals surface area contributed by atoms with E-state index in [9.17, 15) is 12.8 Å². The number of sulfone groups is 1. The molecule has 0 atom stereocenters. The molecule has 0 amide bonds. The third-order valence-electron chi connectivity index (χ3n) is 2.61. The minimum atomic E-state index is -3.84. The lowest BCUT2D eigenvalue weighted by Gasteiger charge is -2.09. The summed E-state index contributed by atoms with van der Waals surface area (Å²) < 4.78 is 42.7. The van der Waals surface area contributed by atoms with Crippen LogP contribution in [0.4, 0.5) is 10.1 Å². The first kappa shape index (κ1) is 13.4. The average molecular weight is 281 g/mol. The van der Waals surface area contributed by atoms with Crippen molar-refractivity contribution < 1.29 is 17.5 Å². The molecule has 0 spiro atoms. The Hall–Kier alpha value is -2.08. The van der Waals surface area contributed by atoms with E-state index in [1.54, 1.807) is 0 Å². The van der Waals surface area contributed by atoms with E-state index in [0.29, 0.717) is 5.75 Å². The van der Waals surface area contributed by atoms with Crippen LogP contribution in [0.3, 0.4) is 0 Å². The first-order valence-corrected chi connectivity index (χ1v) is 6.87. The Morgan fingerprint density at radius 2 is 1.89 bits per heavy atom. The molecule has 0 saturated carbocycles. The van der Waals surface area contributed by atoms with E-state index in [1.165, 1.54) is 43.5 Å². The summed E-state index contributed by atoms with van der Waals surface area (Å²) in [5.41, 5.74) is 5.76. The van der Waals surface area contributed by atoms with E-state index in [4.69, 9.17) is 10.5 Å². The quantitative estimate of drug-likeness (QED) is 0.876. The Morgan fingerprint density at radius 3 is 2.47 bits per heavy atom. The molecule has 0 unspecified atom stereocenters. The summed E-state index contributed by atoms with van der Waals surface area (Å²) in [5, 5.41) is 0. The van der Waals surface area contributed by atoms with E-state index in [2.05, 4.69) is 0 Å². The first-order valence-electron chi connectivity index (χ1n) is 5.39. The van der Waals surface area contributed by atoms with Gasteiger partial charge in [0.15, 0.2) is 0 Å². The summed E-state index contributed by atoms with van der Waals surface area (Å²) in [6, 6.07) is 9.03. The molecule has 0 radical (unpaired) electrons. The maximum Gasteiger partial charge on any atom is 0.208 e. The van der Waals surface area contributed by atoms with Gasteiger partial charge >= 0.3 is 0 Å². The van der Waals surface area contributed by atoms with Crippen LogP contribution in [0.25, 0.3) is 0 Å². The Balaban J connectivity index is 2.57.